The number of carbonyl (C=O) groups is 2. The highest BCUT2D eigenvalue weighted by atomic mass is 35.5. The maximum atomic E-state index is 12.7. The zero-order valence-electron chi connectivity index (χ0n) is 20.2. The summed E-state index contributed by atoms with van der Waals surface area (Å²) in [5, 5.41) is 6.41. The molecule has 0 radical (unpaired) electrons. The van der Waals surface area contributed by atoms with E-state index in [1.54, 1.807) is 18.2 Å². The van der Waals surface area contributed by atoms with Gasteiger partial charge in [-0.15, -0.1) is 0 Å². The number of piperazine rings is 1. The van der Waals surface area contributed by atoms with Crippen molar-refractivity contribution >= 4 is 52.1 Å². The maximum absolute atomic E-state index is 12.7. The first-order valence-electron chi connectivity index (χ1n) is 11.1. The largest absolute Gasteiger partial charge is 0.496 e. The Morgan fingerprint density at radius 1 is 1.09 bits per heavy atom. The molecule has 2 aromatic rings. The van der Waals surface area contributed by atoms with Gasteiger partial charge in [0.15, 0.2) is 5.11 Å². The Balaban J connectivity index is 1.60. The first-order valence-corrected chi connectivity index (χ1v) is 11.9. The Morgan fingerprint density at radius 3 is 2.35 bits per heavy atom. The number of nitrogens with zero attached hydrogens (tertiary/aromatic N) is 2. The minimum atomic E-state index is -0.383. The lowest BCUT2D eigenvalue weighted by Crippen LogP contribution is -2.51. The third-order valence-electron chi connectivity index (χ3n) is 5.64. The van der Waals surface area contributed by atoms with Crippen LogP contribution in [0.2, 0.25) is 5.02 Å². The predicted molar refractivity (Wildman–Crippen MR) is 141 cm³/mol. The highest BCUT2D eigenvalue weighted by molar-refractivity contribution is 7.80. The zero-order valence-corrected chi connectivity index (χ0v) is 21.8. The average Bonchev–Trinajstić information content (AvgIpc) is 2.78. The van der Waals surface area contributed by atoms with Crippen molar-refractivity contribution in [2.24, 2.45) is 5.41 Å². The van der Waals surface area contributed by atoms with E-state index in [1.165, 1.54) is 7.11 Å². The van der Waals surface area contributed by atoms with E-state index in [-0.39, 0.29) is 22.3 Å². The molecule has 1 saturated heterocycles. The number of ether oxygens (including phenoxy) is 1. The summed E-state index contributed by atoms with van der Waals surface area (Å²) < 4.78 is 5.35. The number of aryl methyl sites for hydroxylation is 1. The molecule has 2 amide bonds. The minimum absolute atomic E-state index is 0.159. The molecule has 2 N–H and O–H groups in total. The van der Waals surface area contributed by atoms with Gasteiger partial charge in [0.05, 0.1) is 23.4 Å². The molecule has 3 rings (SSSR count). The Bertz CT molecular complexity index is 1090. The fourth-order valence-corrected chi connectivity index (χ4v) is 4.41. The van der Waals surface area contributed by atoms with Gasteiger partial charge in [-0.25, -0.2) is 0 Å². The number of para-hydroxylation sites is 1. The van der Waals surface area contributed by atoms with Crippen LogP contribution in [0.5, 0.6) is 5.75 Å². The normalized spacial score (nSPS) is 13.9. The summed E-state index contributed by atoms with van der Waals surface area (Å²) >= 11 is 11.9. The molecule has 0 aliphatic carbocycles. The van der Waals surface area contributed by atoms with Gasteiger partial charge in [0.1, 0.15) is 5.75 Å². The number of anilines is 2. The summed E-state index contributed by atoms with van der Waals surface area (Å²) in [6, 6.07) is 10.9. The van der Waals surface area contributed by atoms with Crippen LogP contribution in [0.25, 0.3) is 0 Å². The van der Waals surface area contributed by atoms with E-state index in [0.29, 0.717) is 48.2 Å². The van der Waals surface area contributed by atoms with Gasteiger partial charge < -0.3 is 19.9 Å². The standard InChI is InChI=1S/C25H31ClN4O3S/c1-16-7-6-8-18(21(16)33-5)22(31)28-24(34)27-17-9-10-20(19(26)15-17)29-11-13-30(14-12-29)23(32)25(2,3)4/h6-10,15H,11-14H2,1-5H3,(H2,27,28,31,34). The molecule has 1 heterocycles. The first-order chi connectivity index (χ1) is 16.0. The Kier molecular flexibility index (Phi) is 8.05. The highest BCUT2D eigenvalue weighted by Gasteiger charge is 2.30. The van der Waals surface area contributed by atoms with E-state index >= 15 is 0 Å². The van der Waals surface area contributed by atoms with E-state index in [2.05, 4.69) is 15.5 Å². The fourth-order valence-electron chi connectivity index (χ4n) is 3.90. The van der Waals surface area contributed by atoms with Crippen LogP contribution in [-0.4, -0.2) is 55.1 Å². The molecule has 7 nitrogen and oxygen atoms in total. The van der Waals surface area contributed by atoms with Crippen LogP contribution in [0, 0.1) is 12.3 Å². The molecule has 9 heteroatoms. The molecular formula is C25H31ClN4O3S. The maximum Gasteiger partial charge on any atom is 0.261 e. The number of rotatable bonds is 4. The molecule has 0 saturated carbocycles. The van der Waals surface area contributed by atoms with Crippen molar-refractivity contribution in [3.05, 3.63) is 52.5 Å². The second-order valence-corrected chi connectivity index (χ2v) is 10.1. The van der Waals surface area contributed by atoms with Gasteiger partial charge in [-0.3, -0.25) is 14.9 Å². The molecule has 2 aromatic carbocycles. The van der Waals surface area contributed by atoms with E-state index in [0.717, 1.165) is 11.3 Å². The monoisotopic (exact) mass is 502 g/mol. The average molecular weight is 503 g/mol. The molecule has 34 heavy (non-hydrogen) atoms. The van der Waals surface area contributed by atoms with Gasteiger partial charge in [-0.2, -0.15) is 0 Å². The minimum Gasteiger partial charge on any atom is -0.496 e. The molecular weight excluding hydrogens is 472 g/mol. The van der Waals surface area contributed by atoms with E-state index in [4.69, 9.17) is 28.6 Å². The number of hydrogen-bond acceptors (Lipinski definition) is 5. The number of hydrogen-bond donors (Lipinski definition) is 2. The lowest BCUT2D eigenvalue weighted by Gasteiger charge is -2.39. The SMILES string of the molecule is COc1c(C)cccc1C(=O)NC(=S)Nc1ccc(N2CCN(C(=O)C(C)(C)C)CC2)c(Cl)c1. The molecule has 0 aromatic heterocycles. The molecule has 0 atom stereocenters. The van der Waals surface area contributed by atoms with Gasteiger partial charge in [0, 0.05) is 37.3 Å². The van der Waals surface area contributed by atoms with Crippen LogP contribution in [0.3, 0.4) is 0 Å². The summed E-state index contributed by atoms with van der Waals surface area (Å²) in [5.74, 6) is 0.319. The van der Waals surface area contributed by atoms with E-state index in [9.17, 15) is 9.59 Å². The number of nitrogens with one attached hydrogen (secondary N) is 2. The number of benzene rings is 2. The first kappa shape index (κ1) is 25.8. The van der Waals surface area contributed by atoms with Crippen molar-refractivity contribution in [1.82, 2.24) is 10.2 Å². The number of carbonyl (C=O) groups excluding carboxylic acids is 2. The number of amides is 2. The summed E-state index contributed by atoms with van der Waals surface area (Å²) in [4.78, 5) is 29.3. The highest BCUT2D eigenvalue weighted by Crippen LogP contribution is 2.30. The van der Waals surface area contributed by atoms with Crippen molar-refractivity contribution < 1.29 is 14.3 Å². The zero-order chi connectivity index (χ0) is 25.0. The Labute approximate surface area is 211 Å². The number of methoxy groups -OCH3 is 1. The lowest BCUT2D eigenvalue weighted by molar-refractivity contribution is -0.139. The lowest BCUT2D eigenvalue weighted by atomic mass is 9.94. The molecule has 0 unspecified atom stereocenters. The number of halogens is 1. The quantitative estimate of drug-likeness (QED) is 0.600. The van der Waals surface area contributed by atoms with Crippen LogP contribution in [-0.2, 0) is 4.79 Å². The van der Waals surface area contributed by atoms with E-state index < -0.39 is 0 Å². The Hall–Kier alpha value is -2.84. The van der Waals surface area contributed by atoms with Crippen LogP contribution < -0.4 is 20.3 Å². The number of thiocarbonyl (C=S) groups is 1. The molecule has 1 aliphatic rings. The van der Waals surface area contributed by atoms with Gasteiger partial charge in [-0.05, 0) is 49.0 Å². The molecule has 182 valence electrons. The van der Waals surface area contributed by atoms with Crippen LogP contribution in [0.15, 0.2) is 36.4 Å². The van der Waals surface area contributed by atoms with Crippen molar-refractivity contribution in [2.75, 3.05) is 43.5 Å². The topological polar surface area (TPSA) is 73.9 Å². The fraction of sp³-hybridized carbons (Fsp3) is 0.400. The van der Waals surface area contributed by atoms with Crippen molar-refractivity contribution in [1.29, 1.82) is 0 Å². The van der Waals surface area contributed by atoms with Crippen molar-refractivity contribution in [2.45, 2.75) is 27.7 Å². The third-order valence-corrected chi connectivity index (χ3v) is 6.15. The molecule has 1 aliphatic heterocycles. The summed E-state index contributed by atoms with van der Waals surface area (Å²) in [7, 11) is 1.53. The summed E-state index contributed by atoms with van der Waals surface area (Å²) in [5.41, 5.74) is 2.45. The van der Waals surface area contributed by atoms with Gasteiger partial charge in [-0.1, -0.05) is 44.5 Å². The molecule has 0 spiro atoms. The predicted octanol–water partition coefficient (Wildman–Crippen LogP) is 4.48. The summed E-state index contributed by atoms with van der Waals surface area (Å²) in [6.07, 6.45) is 0. The smallest absolute Gasteiger partial charge is 0.261 e. The molecule has 1 fully saturated rings. The van der Waals surface area contributed by atoms with Crippen molar-refractivity contribution in [3.8, 4) is 5.75 Å². The van der Waals surface area contributed by atoms with Crippen LogP contribution in [0.4, 0.5) is 11.4 Å². The Morgan fingerprint density at radius 2 is 1.76 bits per heavy atom. The second kappa shape index (κ2) is 10.6. The third kappa shape index (κ3) is 5.98. The second-order valence-electron chi connectivity index (χ2n) is 9.26. The van der Waals surface area contributed by atoms with Crippen molar-refractivity contribution in [3.63, 3.8) is 0 Å². The van der Waals surface area contributed by atoms with Crippen LogP contribution >= 0.6 is 23.8 Å². The summed E-state index contributed by atoms with van der Waals surface area (Å²) in [6.45, 7) is 10.4. The van der Waals surface area contributed by atoms with Gasteiger partial charge in [0.2, 0.25) is 5.91 Å². The van der Waals surface area contributed by atoms with Crippen LogP contribution in [0.1, 0.15) is 36.7 Å². The van der Waals surface area contributed by atoms with E-state index in [1.807, 2.05) is 50.8 Å². The van der Waals surface area contributed by atoms with Gasteiger partial charge >= 0.3 is 0 Å². The van der Waals surface area contributed by atoms with Gasteiger partial charge in [0.25, 0.3) is 5.91 Å². The molecule has 0 bridgehead atoms.